The Morgan fingerprint density at radius 2 is 1.03 bits per heavy atom. The minimum absolute atomic E-state index is 0.00538. The lowest BCUT2D eigenvalue weighted by atomic mass is 9.82. The summed E-state index contributed by atoms with van der Waals surface area (Å²) in [5.41, 5.74) is 23.9. The number of nitrogens with zero attached hydrogens (tertiary/aromatic N) is 3. The normalized spacial score (nSPS) is 12.0. The Labute approximate surface area is 385 Å². The summed E-state index contributed by atoms with van der Waals surface area (Å²) in [4.78, 5) is 4.91. The predicted octanol–water partition coefficient (Wildman–Crippen LogP) is 17.7. The number of fused-ring (bicyclic) bond motifs is 5. The van der Waals surface area contributed by atoms with Crippen molar-refractivity contribution in [2.24, 2.45) is 0 Å². The van der Waals surface area contributed by atoms with Crippen LogP contribution in [0.5, 0.6) is 0 Å². The van der Waals surface area contributed by atoms with Gasteiger partial charge in [0, 0.05) is 61.5 Å². The lowest BCUT2D eigenvalue weighted by Crippen LogP contribution is -2.12. The summed E-state index contributed by atoms with van der Waals surface area (Å²) in [7, 11) is 0. The van der Waals surface area contributed by atoms with Gasteiger partial charge in [-0.15, -0.1) is 0 Å². The highest BCUT2D eigenvalue weighted by molar-refractivity contribution is 6.28. The number of anilines is 6. The molecule has 3 heteroatoms. The molecular weight excluding hydrogens is 787 g/mol. The van der Waals surface area contributed by atoms with Crippen LogP contribution in [0, 0.1) is 41.5 Å². The topological polar surface area (TPSA) is 10.9 Å². The molecule has 10 rings (SSSR count). The first-order valence-electron chi connectivity index (χ1n) is 23.5. The zero-order valence-corrected chi connectivity index (χ0v) is 40.1. The highest BCUT2D eigenvalue weighted by atomic mass is 15.2. The summed E-state index contributed by atoms with van der Waals surface area (Å²) in [5.74, 6) is 0. The van der Waals surface area contributed by atoms with Crippen LogP contribution in [0.2, 0.25) is 0 Å². The molecule has 0 saturated heterocycles. The van der Waals surface area contributed by atoms with Crippen LogP contribution in [-0.2, 0) is 18.3 Å². The van der Waals surface area contributed by atoms with E-state index >= 15 is 0 Å². The second-order valence-electron chi connectivity index (χ2n) is 19.7. The maximum Gasteiger partial charge on any atom is 0.0623 e. The van der Waals surface area contributed by atoms with Crippen molar-refractivity contribution in [2.75, 3.05) is 9.80 Å². The molecule has 0 N–H and O–H groups in total. The van der Waals surface area contributed by atoms with E-state index in [9.17, 15) is 0 Å². The maximum absolute atomic E-state index is 2.63. The molecule has 65 heavy (non-hydrogen) atoms. The molecule has 0 aliphatic carbocycles. The van der Waals surface area contributed by atoms with E-state index in [1.165, 1.54) is 111 Å². The number of aromatic nitrogens is 1. The Kier molecular flexibility index (Phi) is 10.4. The van der Waals surface area contributed by atoms with Crippen LogP contribution in [0.25, 0.3) is 49.1 Å². The molecule has 0 fully saturated rings. The average molecular weight is 848 g/mol. The summed E-state index contributed by atoms with van der Waals surface area (Å²) >= 11 is 0. The molecule has 0 amide bonds. The lowest BCUT2D eigenvalue weighted by Gasteiger charge is -2.28. The molecule has 2 heterocycles. The Morgan fingerprint density at radius 1 is 0.477 bits per heavy atom. The third-order valence-electron chi connectivity index (χ3n) is 13.8. The number of aryl methyl sites for hydroxylation is 8. The molecule has 324 valence electrons. The van der Waals surface area contributed by atoms with Crippen molar-refractivity contribution in [3.05, 3.63) is 196 Å². The maximum atomic E-state index is 2.63. The van der Waals surface area contributed by atoms with Crippen LogP contribution >= 0.6 is 0 Å². The molecule has 0 unspecified atom stereocenters. The fourth-order valence-electron chi connectivity index (χ4n) is 10.6. The van der Waals surface area contributed by atoms with Gasteiger partial charge in [0.05, 0.1) is 11.0 Å². The van der Waals surface area contributed by atoms with E-state index in [0.717, 1.165) is 35.6 Å². The summed E-state index contributed by atoms with van der Waals surface area (Å²) < 4.78 is 2.63. The zero-order valence-electron chi connectivity index (χ0n) is 40.1. The monoisotopic (exact) mass is 847 g/mol. The molecule has 3 nitrogen and oxygen atoms in total. The Hall–Kier alpha value is -6.84. The first kappa shape index (κ1) is 42.1. The molecule has 0 aliphatic rings. The van der Waals surface area contributed by atoms with Gasteiger partial charge in [0.2, 0.25) is 0 Å². The van der Waals surface area contributed by atoms with Gasteiger partial charge in [0.15, 0.2) is 0 Å². The van der Waals surface area contributed by atoms with Crippen molar-refractivity contribution in [3.8, 4) is 11.1 Å². The smallest absolute Gasteiger partial charge is 0.0623 e. The fourth-order valence-corrected chi connectivity index (χ4v) is 10.6. The van der Waals surface area contributed by atoms with Gasteiger partial charge in [-0.25, -0.2) is 0 Å². The minimum atomic E-state index is 0.00538. The third kappa shape index (κ3) is 7.13. The van der Waals surface area contributed by atoms with E-state index in [4.69, 9.17) is 0 Å². The summed E-state index contributed by atoms with van der Waals surface area (Å²) in [6.45, 7) is 24.9. The van der Waals surface area contributed by atoms with Gasteiger partial charge in [-0.3, -0.25) is 0 Å². The summed E-state index contributed by atoms with van der Waals surface area (Å²) in [5, 5.41) is 6.42. The number of benzene rings is 8. The quantitative estimate of drug-likeness (QED) is 0.143. The second kappa shape index (κ2) is 16.0. The van der Waals surface area contributed by atoms with E-state index in [-0.39, 0.29) is 5.41 Å². The van der Waals surface area contributed by atoms with E-state index in [1.54, 1.807) is 0 Å². The van der Waals surface area contributed by atoms with Crippen molar-refractivity contribution >= 4 is 72.1 Å². The van der Waals surface area contributed by atoms with Crippen LogP contribution in [0.3, 0.4) is 0 Å². The second-order valence-corrected chi connectivity index (χ2v) is 19.7. The van der Waals surface area contributed by atoms with Crippen molar-refractivity contribution in [3.63, 3.8) is 0 Å². The number of rotatable bonds is 9. The van der Waals surface area contributed by atoms with Crippen molar-refractivity contribution in [2.45, 2.75) is 94.4 Å². The van der Waals surface area contributed by atoms with E-state index in [2.05, 4.69) is 236 Å². The molecule has 0 spiro atoms. The molecular formula is C62H61N3. The van der Waals surface area contributed by atoms with Gasteiger partial charge < -0.3 is 14.2 Å². The van der Waals surface area contributed by atoms with Crippen LogP contribution in [0.4, 0.5) is 34.1 Å². The first-order valence-corrected chi connectivity index (χ1v) is 23.5. The van der Waals surface area contributed by atoms with Crippen molar-refractivity contribution in [1.82, 2.24) is 4.40 Å². The third-order valence-corrected chi connectivity index (χ3v) is 13.8. The van der Waals surface area contributed by atoms with Gasteiger partial charge in [-0.05, 0) is 182 Å². The highest BCUT2D eigenvalue weighted by Crippen LogP contribution is 2.50. The van der Waals surface area contributed by atoms with E-state index in [1.807, 2.05) is 0 Å². The minimum Gasteiger partial charge on any atom is -0.312 e. The number of hydrogen-bond donors (Lipinski definition) is 0. The summed E-state index contributed by atoms with van der Waals surface area (Å²) in [6, 6.07) is 55.6. The van der Waals surface area contributed by atoms with E-state index < -0.39 is 0 Å². The molecule has 0 saturated carbocycles. The largest absolute Gasteiger partial charge is 0.312 e. The molecule has 0 radical (unpaired) electrons. The van der Waals surface area contributed by atoms with Gasteiger partial charge in [-0.1, -0.05) is 119 Å². The van der Waals surface area contributed by atoms with Gasteiger partial charge in [0.25, 0.3) is 0 Å². The highest BCUT2D eigenvalue weighted by Gasteiger charge is 2.28. The standard InChI is InChI=1S/C62H61N3/c1-12-44-22-24-46(62(9,10)11)35-51(44)59-55(13-2)65-58-29-26-50(64(48-19-15-17-39(4)33-48)57-28-21-41(6)31-43(57)8)37-53(58)54-34-45-23-25-49(36-52(45)60(59)61(54)65)63(47-18-14-16-38(3)32-47)56-27-20-40(5)30-42(56)7/h14-37H,12-13H2,1-11H3. The Morgan fingerprint density at radius 3 is 1.57 bits per heavy atom. The molecule has 2 aromatic heterocycles. The Bertz CT molecular complexity index is 3470. The SMILES string of the molecule is CCc1ccc(C(C)(C)C)cc1-c1c(CC)n2c3ccc(N(c4cccc(C)c4)c4ccc(C)cc4C)cc3c3cc4ccc(N(c5cccc(C)c5)c5ccc(C)cc5C)cc4c1c32. The van der Waals surface area contributed by atoms with Crippen LogP contribution in [-0.4, -0.2) is 4.40 Å². The van der Waals surface area contributed by atoms with Gasteiger partial charge >= 0.3 is 0 Å². The van der Waals surface area contributed by atoms with Gasteiger partial charge in [0.1, 0.15) is 0 Å². The predicted molar refractivity (Wildman–Crippen MR) is 282 cm³/mol. The summed E-state index contributed by atoms with van der Waals surface area (Å²) in [6.07, 6.45) is 1.85. The first-order chi connectivity index (χ1) is 31.2. The van der Waals surface area contributed by atoms with Crippen LogP contribution < -0.4 is 9.80 Å². The number of hydrogen-bond acceptors (Lipinski definition) is 2. The average Bonchev–Trinajstić information content (AvgIpc) is 3.79. The van der Waals surface area contributed by atoms with Crippen molar-refractivity contribution in [1.29, 1.82) is 0 Å². The molecule has 0 bridgehead atoms. The van der Waals surface area contributed by atoms with Crippen LogP contribution in [0.15, 0.2) is 146 Å². The fraction of sp³-hybridized carbons (Fsp3) is 0.226. The Balaban J connectivity index is 1.32. The molecule has 8 aromatic carbocycles. The van der Waals surface area contributed by atoms with Crippen molar-refractivity contribution < 1.29 is 0 Å². The molecule has 0 atom stereocenters. The lowest BCUT2D eigenvalue weighted by molar-refractivity contribution is 0.590. The zero-order chi connectivity index (χ0) is 45.5. The van der Waals surface area contributed by atoms with E-state index in [0.29, 0.717) is 0 Å². The van der Waals surface area contributed by atoms with Crippen LogP contribution in [0.1, 0.15) is 84.8 Å². The molecule has 0 aliphatic heterocycles. The molecule has 10 aromatic rings. The van der Waals surface area contributed by atoms with Gasteiger partial charge in [-0.2, -0.15) is 0 Å².